The monoisotopic (exact) mass is 402 g/mol. The standard InChI is InChI=1S/C21H34N6O2/c1-5-27-16(4)18(13-23-27)14-26-11-6-7-17(8-10-22-19(28)9-12-26)21-24-20(15(2)3)25-29-21/h13,15,17H,5-12,14H2,1-4H3,(H,22,28). The van der Waals surface area contributed by atoms with Crippen molar-refractivity contribution in [1.82, 2.24) is 30.1 Å². The Morgan fingerprint density at radius 3 is 2.83 bits per heavy atom. The van der Waals surface area contributed by atoms with Crippen molar-refractivity contribution >= 4 is 5.91 Å². The van der Waals surface area contributed by atoms with Crippen molar-refractivity contribution in [2.45, 2.75) is 78.3 Å². The second-order valence-corrected chi connectivity index (χ2v) is 8.22. The molecule has 1 amide bonds. The predicted molar refractivity (Wildman–Crippen MR) is 111 cm³/mol. The lowest BCUT2D eigenvalue weighted by Crippen LogP contribution is -2.31. The molecule has 8 nitrogen and oxygen atoms in total. The van der Waals surface area contributed by atoms with Gasteiger partial charge in [-0.1, -0.05) is 19.0 Å². The maximum Gasteiger partial charge on any atom is 0.229 e. The summed E-state index contributed by atoms with van der Waals surface area (Å²) in [6.07, 6.45) is 5.30. The zero-order valence-corrected chi connectivity index (χ0v) is 18.1. The molecule has 0 bridgehead atoms. The van der Waals surface area contributed by atoms with Gasteiger partial charge in [0.05, 0.1) is 6.20 Å². The van der Waals surface area contributed by atoms with E-state index < -0.39 is 0 Å². The predicted octanol–water partition coefficient (Wildman–Crippen LogP) is 2.99. The Balaban J connectivity index is 1.67. The first-order chi connectivity index (χ1) is 14.0. The fourth-order valence-electron chi connectivity index (χ4n) is 3.80. The Labute approximate surface area is 173 Å². The van der Waals surface area contributed by atoms with Crippen molar-refractivity contribution in [3.05, 3.63) is 29.2 Å². The number of rotatable bonds is 5. The molecule has 0 aromatic carbocycles. The van der Waals surface area contributed by atoms with Crippen LogP contribution in [-0.2, 0) is 17.9 Å². The van der Waals surface area contributed by atoms with Crippen molar-refractivity contribution in [3.63, 3.8) is 0 Å². The molecule has 0 spiro atoms. The van der Waals surface area contributed by atoms with E-state index in [-0.39, 0.29) is 17.7 Å². The molecule has 8 heteroatoms. The van der Waals surface area contributed by atoms with E-state index in [9.17, 15) is 4.79 Å². The summed E-state index contributed by atoms with van der Waals surface area (Å²) >= 11 is 0. The molecule has 1 atom stereocenters. The van der Waals surface area contributed by atoms with Crippen LogP contribution in [0.1, 0.15) is 81.3 Å². The minimum atomic E-state index is 0.102. The first-order valence-corrected chi connectivity index (χ1v) is 10.8. The van der Waals surface area contributed by atoms with Gasteiger partial charge in [0, 0.05) is 55.7 Å². The first-order valence-electron chi connectivity index (χ1n) is 10.8. The maximum absolute atomic E-state index is 12.3. The number of nitrogens with one attached hydrogen (secondary N) is 1. The highest BCUT2D eigenvalue weighted by atomic mass is 16.5. The van der Waals surface area contributed by atoms with Gasteiger partial charge in [0.1, 0.15) is 0 Å². The van der Waals surface area contributed by atoms with Gasteiger partial charge in [-0.15, -0.1) is 0 Å². The zero-order chi connectivity index (χ0) is 20.8. The van der Waals surface area contributed by atoms with E-state index in [1.807, 2.05) is 10.9 Å². The SMILES string of the molecule is CCn1ncc(CN2CCCC(c3nc(C(C)C)no3)CCNC(=O)CC2)c1C. The molecule has 2 aromatic rings. The summed E-state index contributed by atoms with van der Waals surface area (Å²) in [7, 11) is 0. The van der Waals surface area contributed by atoms with E-state index in [1.54, 1.807) is 0 Å². The highest BCUT2D eigenvalue weighted by Gasteiger charge is 2.22. The van der Waals surface area contributed by atoms with Crippen molar-refractivity contribution in [2.24, 2.45) is 0 Å². The van der Waals surface area contributed by atoms with Crippen LogP contribution in [0, 0.1) is 6.92 Å². The largest absolute Gasteiger partial charge is 0.356 e. The molecule has 1 aliphatic rings. The highest BCUT2D eigenvalue weighted by Crippen LogP contribution is 2.25. The third-order valence-corrected chi connectivity index (χ3v) is 5.72. The molecule has 1 saturated heterocycles. The van der Waals surface area contributed by atoms with Crippen molar-refractivity contribution in [1.29, 1.82) is 0 Å². The Morgan fingerprint density at radius 1 is 1.31 bits per heavy atom. The van der Waals surface area contributed by atoms with Crippen LogP contribution in [0.15, 0.2) is 10.7 Å². The summed E-state index contributed by atoms with van der Waals surface area (Å²) in [4.78, 5) is 19.2. The van der Waals surface area contributed by atoms with Gasteiger partial charge in [0.25, 0.3) is 0 Å². The van der Waals surface area contributed by atoms with Crippen LogP contribution in [0.25, 0.3) is 0 Å². The van der Waals surface area contributed by atoms with Gasteiger partial charge in [-0.2, -0.15) is 10.1 Å². The number of aromatic nitrogens is 4. The number of amides is 1. The van der Waals surface area contributed by atoms with Crippen molar-refractivity contribution in [3.8, 4) is 0 Å². The van der Waals surface area contributed by atoms with Crippen LogP contribution >= 0.6 is 0 Å². The van der Waals surface area contributed by atoms with Crippen molar-refractivity contribution < 1.29 is 9.32 Å². The van der Waals surface area contributed by atoms with Crippen LogP contribution < -0.4 is 5.32 Å². The summed E-state index contributed by atoms with van der Waals surface area (Å²) < 4.78 is 7.57. The van der Waals surface area contributed by atoms with Gasteiger partial charge in [0.2, 0.25) is 11.8 Å². The van der Waals surface area contributed by atoms with Crippen LogP contribution in [0.3, 0.4) is 0 Å². The van der Waals surface area contributed by atoms with Gasteiger partial charge in [-0.3, -0.25) is 14.4 Å². The number of hydrogen-bond acceptors (Lipinski definition) is 6. The average Bonchev–Trinajstić information content (AvgIpc) is 3.31. The van der Waals surface area contributed by atoms with Crippen LogP contribution in [-0.4, -0.2) is 50.4 Å². The van der Waals surface area contributed by atoms with Gasteiger partial charge >= 0.3 is 0 Å². The lowest BCUT2D eigenvalue weighted by Gasteiger charge is -2.22. The highest BCUT2D eigenvalue weighted by molar-refractivity contribution is 5.76. The van der Waals surface area contributed by atoms with Gasteiger partial charge in [-0.05, 0) is 39.7 Å². The molecular weight excluding hydrogens is 368 g/mol. The lowest BCUT2D eigenvalue weighted by molar-refractivity contribution is -0.121. The summed E-state index contributed by atoms with van der Waals surface area (Å²) in [5.74, 6) is 1.99. The number of hydrogen-bond donors (Lipinski definition) is 1. The number of aryl methyl sites for hydroxylation is 1. The Morgan fingerprint density at radius 2 is 2.14 bits per heavy atom. The maximum atomic E-state index is 12.3. The molecule has 29 heavy (non-hydrogen) atoms. The van der Waals surface area contributed by atoms with Crippen LogP contribution in [0.5, 0.6) is 0 Å². The summed E-state index contributed by atoms with van der Waals surface area (Å²) in [5, 5.41) is 11.6. The molecule has 2 aromatic heterocycles. The lowest BCUT2D eigenvalue weighted by atomic mass is 9.99. The second-order valence-electron chi connectivity index (χ2n) is 8.22. The normalized spacial score (nSPS) is 19.9. The van der Waals surface area contributed by atoms with E-state index in [1.165, 1.54) is 11.3 Å². The molecule has 1 N–H and O–H groups in total. The van der Waals surface area contributed by atoms with Crippen molar-refractivity contribution in [2.75, 3.05) is 19.6 Å². The summed E-state index contributed by atoms with van der Waals surface area (Å²) in [6.45, 7) is 12.4. The van der Waals surface area contributed by atoms with E-state index >= 15 is 0 Å². The molecule has 0 saturated carbocycles. The van der Waals surface area contributed by atoms with Gasteiger partial charge in [-0.25, -0.2) is 0 Å². The smallest absolute Gasteiger partial charge is 0.229 e. The molecule has 3 heterocycles. The van der Waals surface area contributed by atoms with E-state index in [2.05, 4.69) is 53.2 Å². The fourth-order valence-corrected chi connectivity index (χ4v) is 3.80. The Kier molecular flexibility index (Phi) is 7.41. The minimum Gasteiger partial charge on any atom is -0.356 e. The molecule has 3 rings (SSSR count). The van der Waals surface area contributed by atoms with Gasteiger partial charge in [0.15, 0.2) is 5.82 Å². The Hall–Kier alpha value is -2.22. The summed E-state index contributed by atoms with van der Waals surface area (Å²) in [6, 6.07) is 0. The molecule has 1 fully saturated rings. The third kappa shape index (κ3) is 5.65. The first kappa shape index (κ1) is 21.5. The number of carbonyl (C=O) groups is 1. The van der Waals surface area contributed by atoms with Crippen LogP contribution in [0.2, 0.25) is 0 Å². The number of carbonyl (C=O) groups excluding carboxylic acids is 1. The third-order valence-electron chi connectivity index (χ3n) is 5.72. The molecular formula is C21H34N6O2. The fraction of sp³-hybridized carbons (Fsp3) is 0.714. The zero-order valence-electron chi connectivity index (χ0n) is 18.1. The van der Waals surface area contributed by atoms with E-state index in [0.717, 1.165) is 51.3 Å². The molecule has 0 aliphatic carbocycles. The topological polar surface area (TPSA) is 89.1 Å². The second kappa shape index (κ2) is 10.0. The molecule has 160 valence electrons. The van der Waals surface area contributed by atoms with E-state index in [0.29, 0.717) is 18.9 Å². The molecule has 1 aliphatic heterocycles. The van der Waals surface area contributed by atoms with E-state index in [4.69, 9.17) is 4.52 Å². The Bertz CT molecular complexity index is 797. The molecule has 1 unspecified atom stereocenters. The quantitative estimate of drug-likeness (QED) is 0.827. The summed E-state index contributed by atoms with van der Waals surface area (Å²) in [5.41, 5.74) is 2.44. The van der Waals surface area contributed by atoms with Crippen LogP contribution in [0.4, 0.5) is 0 Å². The average molecular weight is 403 g/mol. The number of nitrogens with zero attached hydrogens (tertiary/aromatic N) is 5. The minimum absolute atomic E-state index is 0.102. The van der Waals surface area contributed by atoms with Gasteiger partial charge < -0.3 is 9.84 Å². The molecule has 0 radical (unpaired) electrons.